The number of halogens is 2. The zero-order chi connectivity index (χ0) is 16.8. The second kappa shape index (κ2) is 5.79. The monoisotopic (exact) mass is 442 g/mol. The van der Waals surface area contributed by atoms with E-state index in [0.29, 0.717) is 17.8 Å². The normalized spacial score (nSPS) is 25.2. The van der Waals surface area contributed by atoms with Gasteiger partial charge in [-0.15, -0.1) is 0 Å². The van der Waals surface area contributed by atoms with Crippen molar-refractivity contribution in [2.45, 2.75) is 6.42 Å². The average molecular weight is 444 g/mol. The van der Waals surface area contributed by atoms with E-state index in [9.17, 15) is 9.59 Å². The molecule has 0 fully saturated rings. The van der Waals surface area contributed by atoms with Crippen molar-refractivity contribution in [3.8, 4) is 0 Å². The van der Waals surface area contributed by atoms with E-state index in [-0.39, 0.29) is 11.3 Å². The Kier molecular flexibility index (Phi) is 4.10. The van der Waals surface area contributed by atoms with Crippen molar-refractivity contribution < 1.29 is 23.8 Å². The van der Waals surface area contributed by atoms with Crippen LogP contribution in [0.1, 0.15) is 6.42 Å². The van der Waals surface area contributed by atoms with Crippen LogP contribution in [0.2, 0.25) is 0 Å². The van der Waals surface area contributed by atoms with Gasteiger partial charge in [-0.1, -0.05) is 44.0 Å². The molecule has 0 saturated heterocycles. The Morgan fingerprint density at radius 1 is 1.17 bits per heavy atom. The molecule has 1 unspecified atom stereocenters. The third kappa shape index (κ3) is 2.42. The molecule has 0 amide bonds. The van der Waals surface area contributed by atoms with Crippen LogP contribution in [-0.4, -0.2) is 26.2 Å². The van der Waals surface area contributed by atoms with Gasteiger partial charge in [-0.05, 0) is 23.1 Å². The van der Waals surface area contributed by atoms with Gasteiger partial charge in [0.15, 0.2) is 0 Å². The lowest BCUT2D eigenvalue weighted by atomic mass is 9.70. The topological polar surface area (TPSA) is 61.8 Å². The highest BCUT2D eigenvalue weighted by Crippen LogP contribution is 2.57. The summed E-state index contributed by atoms with van der Waals surface area (Å²) in [6.07, 6.45) is 7.78. The first-order valence-electron chi connectivity index (χ1n) is 6.69. The largest absolute Gasteiger partial charge is 0.465 e. The van der Waals surface area contributed by atoms with Crippen LogP contribution in [0.3, 0.4) is 0 Å². The highest BCUT2D eigenvalue weighted by atomic mass is 79.9. The Balaban J connectivity index is 2.26. The summed E-state index contributed by atoms with van der Waals surface area (Å²) >= 11 is 6.88. The molecule has 23 heavy (non-hydrogen) atoms. The summed E-state index contributed by atoms with van der Waals surface area (Å²) in [5.74, 6) is -0.645. The molecule has 5 nitrogen and oxygen atoms in total. The minimum atomic E-state index is -0.724. The SMILES string of the molecule is COC(=O)C1=C2OC(C(=O)OC)=C3C=C(Br)C=CC32CC(Br)=C1. The minimum Gasteiger partial charge on any atom is -0.465 e. The molecule has 0 saturated carbocycles. The van der Waals surface area contributed by atoms with E-state index < -0.39 is 17.4 Å². The predicted octanol–water partition coefficient (Wildman–Crippen LogP) is 3.39. The molecule has 2 aliphatic carbocycles. The molecule has 7 heteroatoms. The second-order valence-electron chi connectivity index (χ2n) is 5.17. The lowest BCUT2D eigenvalue weighted by Gasteiger charge is -2.32. The summed E-state index contributed by atoms with van der Waals surface area (Å²) in [6, 6.07) is 0. The minimum absolute atomic E-state index is 0.0841. The maximum absolute atomic E-state index is 12.1. The summed E-state index contributed by atoms with van der Waals surface area (Å²) in [5, 5.41) is 0. The second-order valence-corrected chi connectivity index (χ2v) is 7.11. The van der Waals surface area contributed by atoms with Crippen LogP contribution in [0.15, 0.2) is 55.9 Å². The number of hydrogen-bond acceptors (Lipinski definition) is 5. The molecular formula is C16H12Br2O5. The van der Waals surface area contributed by atoms with Crippen LogP contribution in [0.4, 0.5) is 0 Å². The lowest BCUT2D eigenvalue weighted by Crippen LogP contribution is -2.27. The van der Waals surface area contributed by atoms with Gasteiger partial charge in [-0.2, -0.15) is 0 Å². The summed E-state index contributed by atoms with van der Waals surface area (Å²) < 4.78 is 17.1. The maximum Gasteiger partial charge on any atom is 0.374 e. The van der Waals surface area contributed by atoms with E-state index in [1.807, 2.05) is 12.2 Å². The van der Waals surface area contributed by atoms with Crippen LogP contribution in [0, 0.1) is 5.41 Å². The molecule has 0 N–H and O–H groups in total. The van der Waals surface area contributed by atoms with Crippen LogP contribution >= 0.6 is 31.9 Å². The Morgan fingerprint density at radius 2 is 1.87 bits per heavy atom. The Labute approximate surface area is 149 Å². The third-order valence-electron chi connectivity index (χ3n) is 3.91. The van der Waals surface area contributed by atoms with Crippen LogP contribution in [-0.2, 0) is 23.8 Å². The molecule has 120 valence electrons. The predicted molar refractivity (Wildman–Crippen MR) is 89.4 cm³/mol. The van der Waals surface area contributed by atoms with Crippen LogP contribution in [0.25, 0.3) is 0 Å². The molecule has 3 aliphatic rings. The number of methoxy groups -OCH3 is 2. The van der Waals surface area contributed by atoms with Gasteiger partial charge in [-0.3, -0.25) is 0 Å². The molecule has 0 bridgehead atoms. The standard InChI is InChI=1S/C16H12Br2O5/c1-21-14(19)10-5-9(18)7-16-4-3-8(17)6-11(16)12(15(20)22-2)23-13(10)16/h3-6H,7H2,1-2H3. The van der Waals surface area contributed by atoms with Crippen molar-refractivity contribution >= 4 is 43.8 Å². The first-order chi connectivity index (χ1) is 10.9. The summed E-state index contributed by atoms with van der Waals surface area (Å²) in [6.45, 7) is 0. The van der Waals surface area contributed by atoms with E-state index in [0.717, 1.165) is 8.96 Å². The number of ether oxygens (including phenoxy) is 3. The van der Waals surface area contributed by atoms with Gasteiger partial charge in [0.1, 0.15) is 11.3 Å². The molecule has 1 spiro atoms. The Hall–Kier alpha value is -1.60. The maximum atomic E-state index is 12.1. The molecule has 0 radical (unpaired) electrons. The smallest absolute Gasteiger partial charge is 0.374 e. The molecule has 0 aromatic carbocycles. The van der Waals surface area contributed by atoms with Gasteiger partial charge in [-0.25, -0.2) is 9.59 Å². The fraction of sp³-hybridized carbons (Fsp3) is 0.250. The van der Waals surface area contributed by atoms with Gasteiger partial charge in [0, 0.05) is 10.1 Å². The number of carbonyl (C=O) groups excluding carboxylic acids is 2. The molecular weight excluding hydrogens is 432 g/mol. The van der Waals surface area contributed by atoms with Gasteiger partial charge in [0.25, 0.3) is 0 Å². The highest BCUT2D eigenvalue weighted by Gasteiger charge is 2.52. The van der Waals surface area contributed by atoms with Crippen molar-refractivity contribution in [1.29, 1.82) is 0 Å². The third-order valence-corrected chi connectivity index (χ3v) is 4.92. The van der Waals surface area contributed by atoms with E-state index in [4.69, 9.17) is 14.2 Å². The van der Waals surface area contributed by atoms with Crippen molar-refractivity contribution in [2.24, 2.45) is 5.41 Å². The Bertz CT molecular complexity index is 769. The molecule has 3 rings (SSSR count). The van der Waals surface area contributed by atoms with Gasteiger partial charge < -0.3 is 14.2 Å². The average Bonchev–Trinajstić information content (AvgIpc) is 2.87. The number of esters is 2. The fourth-order valence-corrected chi connectivity index (χ4v) is 3.95. The van der Waals surface area contributed by atoms with Crippen molar-refractivity contribution in [2.75, 3.05) is 14.2 Å². The van der Waals surface area contributed by atoms with E-state index in [1.54, 1.807) is 12.2 Å². The first-order valence-corrected chi connectivity index (χ1v) is 8.28. The summed E-state index contributed by atoms with van der Waals surface area (Å²) in [4.78, 5) is 24.2. The summed E-state index contributed by atoms with van der Waals surface area (Å²) in [5.41, 5.74) is 0.205. The van der Waals surface area contributed by atoms with Crippen molar-refractivity contribution in [3.05, 3.63) is 55.9 Å². The molecule has 1 aliphatic heterocycles. The highest BCUT2D eigenvalue weighted by molar-refractivity contribution is 9.12. The van der Waals surface area contributed by atoms with Gasteiger partial charge in [0.05, 0.1) is 19.6 Å². The van der Waals surface area contributed by atoms with E-state index in [1.165, 1.54) is 14.2 Å². The number of hydrogen-bond donors (Lipinski definition) is 0. The fourth-order valence-electron chi connectivity index (χ4n) is 2.92. The van der Waals surface area contributed by atoms with Crippen LogP contribution < -0.4 is 0 Å². The van der Waals surface area contributed by atoms with Crippen molar-refractivity contribution in [3.63, 3.8) is 0 Å². The number of allylic oxidation sites excluding steroid dienone is 5. The number of carbonyl (C=O) groups is 2. The zero-order valence-corrected chi connectivity index (χ0v) is 15.5. The number of rotatable bonds is 2. The lowest BCUT2D eigenvalue weighted by molar-refractivity contribution is -0.140. The zero-order valence-electron chi connectivity index (χ0n) is 12.3. The van der Waals surface area contributed by atoms with Crippen LogP contribution in [0.5, 0.6) is 0 Å². The molecule has 1 atom stereocenters. The molecule has 1 heterocycles. The van der Waals surface area contributed by atoms with Gasteiger partial charge in [0.2, 0.25) is 5.76 Å². The molecule has 0 aromatic heterocycles. The van der Waals surface area contributed by atoms with Crippen molar-refractivity contribution in [1.82, 2.24) is 0 Å². The van der Waals surface area contributed by atoms with E-state index >= 15 is 0 Å². The Morgan fingerprint density at radius 3 is 2.52 bits per heavy atom. The van der Waals surface area contributed by atoms with E-state index in [2.05, 4.69) is 31.9 Å². The van der Waals surface area contributed by atoms with Gasteiger partial charge >= 0.3 is 11.9 Å². The quantitative estimate of drug-likeness (QED) is 0.612. The first kappa shape index (κ1) is 16.3. The summed E-state index contributed by atoms with van der Waals surface area (Å²) in [7, 11) is 2.59. The molecule has 0 aromatic rings.